The first-order chi connectivity index (χ1) is 10.7. The van der Waals surface area contributed by atoms with Gasteiger partial charge in [-0.05, 0) is 30.3 Å². The summed E-state index contributed by atoms with van der Waals surface area (Å²) >= 11 is 9.40. The monoisotopic (exact) mass is 344 g/mol. The van der Waals surface area contributed by atoms with Crippen LogP contribution < -0.4 is 5.73 Å². The second kappa shape index (κ2) is 7.09. The highest BCUT2D eigenvalue weighted by molar-refractivity contribution is 8.00. The molecule has 0 aliphatic heterocycles. The van der Waals surface area contributed by atoms with E-state index in [1.807, 2.05) is 48.5 Å². The van der Waals surface area contributed by atoms with Crippen molar-refractivity contribution in [2.24, 2.45) is 0 Å². The van der Waals surface area contributed by atoms with E-state index < -0.39 is 0 Å². The van der Waals surface area contributed by atoms with E-state index in [9.17, 15) is 0 Å². The maximum absolute atomic E-state index is 6.21. The molecule has 22 heavy (non-hydrogen) atoms. The van der Waals surface area contributed by atoms with Gasteiger partial charge in [0.15, 0.2) is 0 Å². The Hall–Kier alpha value is -1.62. The van der Waals surface area contributed by atoms with Gasteiger partial charge in [0, 0.05) is 20.9 Å². The van der Waals surface area contributed by atoms with Crippen molar-refractivity contribution in [2.75, 3.05) is 5.73 Å². The highest BCUT2D eigenvalue weighted by Crippen LogP contribution is 2.38. The summed E-state index contributed by atoms with van der Waals surface area (Å²) in [6.45, 7) is 0. The summed E-state index contributed by atoms with van der Waals surface area (Å²) in [5.74, 6) is 0.516. The van der Waals surface area contributed by atoms with E-state index in [-0.39, 0.29) is 0 Å². The Morgan fingerprint density at radius 3 is 2.32 bits per heavy atom. The SMILES string of the molecule is Nc1ncc(Sc2ccccc2)cc1Sc1ccccc1Cl. The van der Waals surface area contributed by atoms with Crippen LogP contribution in [0.25, 0.3) is 0 Å². The Labute approximate surface area is 143 Å². The molecule has 110 valence electrons. The zero-order valence-corrected chi connectivity index (χ0v) is 14.0. The van der Waals surface area contributed by atoms with Crippen LogP contribution in [0.15, 0.2) is 86.4 Å². The molecular weight excluding hydrogens is 332 g/mol. The molecule has 0 saturated carbocycles. The molecule has 2 N–H and O–H groups in total. The fraction of sp³-hybridized carbons (Fsp3) is 0. The number of aromatic nitrogens is 1. The molecule has 0 aliphatic carbocycles. The van der Waals surface area contributed by atoms with E-state index >= 15 is 0 Å². The molecule has 0 fully saturated rings. The van der Waals surface area contributed by atoms with Crippen LogP contribution in [-0.4, -0.2) is 4.98 Å². The smallest absolute Gasteiger partial charge is 0.137 e. The number of rotatable bonds is 4. The van der Waals surface area contributed by atoms with Crippen molar-refractivity contribution in [1.82, 2.24) is 4.98 Å². The molecule has 2 aromatic carbocycles. The zero-order chi connectivity index (χ0) is 15.4. The fourth-order valence-electron chi connectivity index (χ4n) is 1.85. The topological polar surface area (TPSA) is 38.9 Å². The van der Waals surface area contributed by atoms with Crippen molar-refractivity contribution in [2.45, 2.75) is 19.6 Å². The van der Waals surface area contributed by atoms with Crippen LogP contribution in [0.4, 0.5) is 5.82 Å². The lowest BCUT2D eigenvalue weighted by molar-refractivity contribution is 1.17. The van der Waals surface area contributed by atoms with Crippen LogP contribution in [0.5, 0.6) is 0 Å². The molecule has 1 aromatic heterocycles. The third-order valence-corrected chi connectivity index (χ3v) is 5.42. The number of pyridine rings is 1. The van der Waals surface area contributed by atoms with Crippen LogP contribution >= 0.6 is 35.1 Å². The first kappa shape index (κ1) is 15.3. The summed E-state index contributed by atoms with van der Waals surface area (Å²) in [5.41, 5.74) is 6.00. The predicted octanol–water partition coefficient (Wildman–Crippen LogP) is 5.62. The first-order valence-electron chi connectivity index (χ1n) is 6.63. The molecule has 0 saturated heterocycles. The largest absolute Gasteiger partial charge is 0.383 e. The van der Waals surface area contributed by atoms with Gasteiger partial charge in [-0.2, -0.15) is 0 Å². The molecule has 0 bridgehead atoms. The number of hydrogen-bond donors (Lipinski definition) is 1. The second-order valence-corrected chi connectivity index (χ2v) is 7.14. The lowest BCUT2D eigenvalue weighted by Gasteiger charge is -2.08. The van der Waals surface area contributed by atoms with Crippen molar-refractivity contribution < 1.29 is 0 Å². The molecule has 0 unspecified atom stereocenters. The standard InChI is InChI=1S/C17H13ClN2S2/c18-14-8-4-5-9-15(14)22-16-10-13(11-20-17(16)19)21-12-6-2-1-3-7-12/h1-11H,(H2,19,20). The Bertz CT molecular complexity index is 779. The highest BCUT2D eigenvalue weighted by Gasteiger charge is 2.08. The lowest BCUT2D eigenvalue weighted by Crippen LogP contribution is -1.93. The zero-order valence-electron chi connectivity index (χ0n) is 11.6. The van der Waals surface area contributed by atoms with Gasteiger partial charge in [-0.25, -0.2) is 4.98 Å². The van der Waals surface area contributed by atoms with Gasteiger partial charge < -0.3 is 5.73 Å². The minimum Gasteiger partial charge on any atom is -0.383 e. The van der Waals surface area contributed by atoms with Crippen LogP contribution in [-0.2, 0) is 0 Å². The average molecular weight is 345 g/mol. The minimum absolute atomic E-state index is 0.516. The number of nitrogen functional groups attached to an aromatic ring is 1. The van der Waals surface area contributed by atoms with Gasteiger partial charge in [-0.3, -0.25) is 0 Å². The minimum atomic E-state index is 0.516. The Morgan fingerprint density at radius 1 is 0.818 bits per heavy atom. The summed E-state index contributed by atoms with van der Waals surface area (Å²) in [6.07, 6.45) is 1.80. The molecule has 0 spiro atoms. The van der Waals surface area contributed by atoms with E-state index in [2.05, 4.69) is 17.1 Å². The summed E-state index contributed by atoms with van der Waals surface area (Å²) in [7, 11) is 0. The van der Waals surface area contributed by atoms with Crippen molar-refractivity contribution >= 4 is 40.9 Å². The Kier molecular flexibility index (Phi) is 4.93. The van der Waals surface area contributed by atoms with Gasteiger partial charge in [-0.15, -0.1) is 0 Å². The van der Waals surface area contributed by atoms with Crippen LogP contribution in [0.3, 0.4) is 0 Å². The van der Waals surface area contributed by atoms with Crippen LogP contribution in [0.2, 0.25) is 5.02 Å². The highest BCUT2D eigenvalue weighted by atomic mass is 35.5. The number of nitrogens with two attached hydrogens (primary N) is 1. The van der Waals surface area contributed by atoms with Gasteiger partial charge in [0.2, 0.25) is 0 Å². The lowest BCUT2D eigenvalue weighted by atomic mass is 10.4. The summed E-state index contributed by atoms with van der Waals surface area (Å²) < 4.78 is 0. The van der Waals surface area contributed by atoms with Crippen LogP contribution in [0.1, 0.15) is 0 Å². The quantitative estimate of drug-likeness (QED) is 0.666. The van der Waals surface area contributed by atoms with Gasteiger partial charge in [0.25, 0.3) is 0 Å². The molecule has 0 amide bonds. The van der Waals surface area contributed by atoms with E-state index in [1.165, 1.54) is 16.7 Å². The molecular formula is C17H13ClN2S2. The number of nitrogens with zero attached hydrogens (tertiary/aromatic N) is 1. The third kappa shape index (κ3) is 3.77. The number of halogens is 1. The molecule has 5 heteroatoms. The maximum Gasteiger partial charge on any atom is 0.137 e. The Balaban J connectivity index is 1.86. The van der Waals surface area contributed by atoms with Crippen molar-refractivity contribution in [1.29, 1.82) is 0 Å². The second-order valence-electron chi connectivity index (χ2n) is 4.50. The average Bonchev–Trinajstić information content (AvgIpc) is 2.54. The fourth-order valence-corrected chi connectivity index (χ4v) is 3.91. The van der Waals surface area contributed by atoms with Gasteiger partial charge in [-0.1, -0.05) is 65.5 Å². The number of benzene rings is 2. The molecule has 0 radical (unpaired) electrons. The Morgan fingerprint density at radius 2 is 1.55 bits per heavy atom. The maximum atomic E-state index is 6.21. The number of anilines is 1. The van der Waals surface area contributed by atoms with Gasteiger partial charge in [0.05, 0.1) is 9.92 Å². The third-order valence-electron chi connectivity index (χ3n) is 2.89. The summed E-state index contributed by atoms with van der Waals surface area (Å²) in [5, 5.41) is 0.716. The number of hydrogen-bond acceptors (Lipinski definition) is 4. The summed E-state index contributed by atoms with van der Waals surface area (Å²) in [6, 6.07) is 20.0. The van der Waals surface area contributed by atoms with Crippen molar-refractivity contribution in [3.63, 3.8) is 0 Å². The molecule has 0 aliphatic rings. The first-order valence-corrected chi connectivity index (χ1v) is 8.64. The van der Waals surface area contributed by atoms with E-state index in [1.54, 1.807) is 18.0 Å². The molecule has 2 nitrogen and oxygen atoms in total. The van der Waals surface area contributed by atoms with E-state index in [4.69, 9.17) is 17.3 Å². The van der Waals surface area contributed by atoms with E-state index in [0.717, 1.165) is 14.7 Å². The van der Waals surface area contributed by atoms with Gasteiger partial charge >= 0.3 is 0 Å². The van der Waals surface area contributed by atoms with E-state index in [0.29, 0.717) is 10.8 Å². The molecule has 0 atom stereocenters. The normalized spacial score (nSPS) is 10.6. The molecule has 3 aromatic rings. The van der Waals surface area contributed by atoms with Gasteiger partial charge in [0.1, 0.15) is 5.82 Å². The summed E-state index contributed by atoms with van der Waals surface area (Å²) in [4.78, 5) is 8.40. The molecule has 1 heterocycles. The van der Waals surface area contributed by atoms with Crippen molar-refractivity contribution in [3.05, 3.63) is 71.9 Å². The van der Waals surface area contributed by atoms with Crippen LogP contribution in [0, 0.1) is 0 Å². The molecule has 3 rings (SSSR count). The van der Waals surface area contributed by atoms with Crippen molar-refractivity contribution in [3.8, 4) is 0 Å². The predicted molar refractivity (Wildman–Crippen MR) is 94.8 cm³/mol.